The van der Waals surface area contributed by atoms with Gasteiger partial charge in [0.1, 0.15) is 13.2 Å². The van der Waals surface area contributed by atoms with E-state index in [1.54, 1.807) is 0 Å². The number of carbonyl (C=O) groups is 3. The highest BCUT2D eigenvalue weighted by Gasteiger charge is 2.19. The average Bonchev–Trinajstić information content (AvgIpc) is 3.31. The predicted molar refractivity (Wildman–Crippen MR) is 283 cm³/mol. The SMILES string of the molecule is CC/C=C\C/C=C\C/C=C\C/C=C\C/C=C\CCCCCCCCCC(=O)OCC(COC(=O)CCCCCCCCCCCCCC)OC(=O)CC/C=C\C/C=C\C/C=C\C/C=C\CC. The van der Waals surface area contributed by atoms with Crippen LogP contribution in [0.4, 0.5) is 0 Å². The molecule has 0 radical (unpaired) electrons. The molecule has 0 spiro atoms. The molecule has 0 aliphatic heterocycles. The summed E-state index contributed by atoms with van der Waals surface area (Å²) in [5, 5.41) is 0. The Labute approximate surface area is 406 Å². The first-order chi connectivity index (χ1) is 32.5. The van der Waals surface area contributed by atoms with Crippen molar-refractivity contribution in [3.8, 4) is 0 Å². The maximum Gasteiger partial charge on any atom is 0.306 e. The minimum Gasteiger partial charge on any atom is -0.462 e. The van der Waals surface area contributed by atoms with Crippen molar-refractivity contribution >= 4 is 17.9 Å². The lowest BCUT2D eigenvalue weighted by molar-refractivity contribution is -0.166. The van der Waals surface area contributed by atoms with Crippen molar-refractivity contribution in [1.29, 1.82) is 0 Å². The van der Waals surface area contributed by atoms with E-state index in [0.29, 0.717) is 19.3 Å². The third-order valence-electron chi connectivity index (χ3n) is 11.0. The van der Waals surface area contributed by atoms with E-state index in [1.807, 2.05) is 12.2 Å². The van der Waals surface area contributed by atoms with E-state index >= 15 is 0 Å². The van der Waals surface area contributed by atoms with Gasteiger partial charge in [-0.15, -0.1) is 0 Å². The Hall–Kier alpha value is -3.93. The summed E-state index contributed by atoms with van der Waals surface area (Å²) in [5.41, 5.74) is 0. The van der Waals surface area contributed by atoms with E-state index in [0.717, 1.165) is 103 Å². The van der Waals surface area contributed by atoms with Crippen LogP contribution in [-0.4, -0.2) is 37.2 Å². The number of ether oxygens (including phenoxy) is 3. The Morgan fingerprint density at radius 2 is 0.621 bits per heavy atom. The number of hydrogen-bond donors (Lipinski definition) is 0. The van der Waals surface area contributed by atoms with E-state index in [9.17, 15) is 14.4 Å². The Kier molecular flexibility index (Phi) is 50.5. The number of rotatable bonds is 47. The van der Waals surface area contributed by atoms with E-state index in [1.165, 1.54) is 83.5 Å². The molecule has 66 heavy (non-hydrogen) atoms. The van der Waals surface area contributed by atoms with Gasteiger partial charge in [0.05, 0.1) is 0 Å². The number of unbranched alkanes of at least 4 members (excludes halogenated alkanes) is 18. The van der Waals surface area contributed by atoms with Gasteiger partial charge in [-0.1, -0.05) is 233 Å². The molecule has 0 rings (SSSR count). The normalized spacial score (nSPS) is 13.0. The molecule has 6 heteroatoms. The fraction of sp³-hybridized carbons (Fsp3) is 0.650. The molecule has 0 aromatic carbocycles. The van der Waals surface area contributed by atoms with Crippen LogP contribution in [0.25, 0.3) is 0 Å². The molecule has 0 aliphatic rings. The quantitative estimate of drug-likeness (QED) is 0.0262. The van der Waals surface area contributed by atoms with Crippen LogP contribution in [0.15, 0.2) is 109 Å². The second kappa shape index (κ2) is 53.7. The zero-order valence-electron chi connectivity index (χ0n) is 42.7. The average molecular weight is 915 g/mol. The topological polar surface area (TPSA) is 78.9 Å². The highest BCUT2D eigenvalue weighted by atomic mass is 16.6. The van der Waals surface area contributed by atoms with Crippen LogP contribution in [0.5, 0.6) is 0 Å². The third-order valence-corrected chi connectivity index (χ3v) is 11.0. The van der Waals surface area contributed by atoms with Crippen LogP contribution in [0.2, 0.25) is 0 Å². The minimum atomic E-state index is -0.820. The molecule has 0 saturated carbocycles. The van der Waals surface area contributed by atoms with Crippen molar-refractivity contribution in [3.63, 3.8) is 0 Å². The summed E-state index contributed by atoms with van der Waals surface area (Å²) in [6.45, 7) is 6.33. The molecule has 6 nitrogen and oxygen atoms in total. The predicted octanol–water partition coefficient (Wildman–Crippen LogP) is 17.9. The van der Waals surface area contributed by atoms with Crippen LogP contribution in [-0.2, 0) is 28.6 Å². The van der Waals surface area contributed by atoms with Gasteiger partial charge < -0.3 is 14.2 Å². The molecule has 0 heterocycles. The number of allylic oxidation sites excluding steroid dienone is 18. The van der Waals surface area contributed by atoms with Crippen molar-refractivity contribution in [2.75, 3.05) is 13.2 Å². The van der Waals surface area contributed by atoms with Crippen LogP contribution in [0.1, 0.15) is 233 Å². The van der Waals surface area contributed by atoms with Crippen molar-refractivity contribution in [2.45, 2.75) is 239 Å². The molecule has 0 N–H and O–H groups in total. The molecule has 1 unspecified atom stereocenters. The van der Waals surface area contributed by atoms with Gasteiger partial charge in [-0.25, -0.2) is 0 Å². The summed E-state index contributed by atoms with van der Waals surface area (Å²) in [7, 11) is 0. The van der Waals surface area contributed by atoms with Crippen LogP contribution in [0, 0.1) is 0 Å². The number of carbonyl (C=O) groups excluding carboxylic acids is 3. The second-order valence-electron chi connectivity index (χ2n) is 17.4. The lowest BCUT2D eigenvalue weighted by atomic mass is 10.0. The van der Waals surface area contributed by atoms with E-state index in [4.69, 9.17) is 14.2 Å². The Balaban J connectivity index is 4.41. The fourth-order valence-electron chi connectivity index (χ4n) is 7.07. The first-order valence-corrected chi connectivity index (χ1v) is 26.9. The molecule has 1 atom stereocenters. The molecule has 374 valence electrons. The number of hydrogen-bond acceptors (Lipinski definition) is 6. The lowest BCUT2D eigenvalue weighted by Gasteiger charge is -2.18. The smallest absolute Gasteiger partial charge is 0.306 e. The first kappa shape index (κ1) is 62.1. The van der Waals surface area contributed by atoms with Crippen molar-refractivity contribution in [3.05, 3.63) is 109 Å². The third kappa shape index (κ3) is 51.1. The molecule has 0 bridgehead atoms. The maximum atomic E-state index is 12.8. The molecular formula is C60H98O6. The zero-order chi connectivity index (χ0) is 47.9. The van der Waals surface area contributed by atoms with Gasteiger partial charge in [0.25, 0.3) is 0 Å². The highest BCUT2D eigenvalue weighted by Crippen LogP contribution is 2.14. The maximum absolute atomic E-state index is 12.8. The van der Waals surface area contributed by atoms with Crippen LogP contribution < -0.4 is 0 Å². The van der Waals surface area contributed by atoms with Crippen LogP contribution in [0.3, 0.4) is 0 Å². The van der Waals surface area contributed by atoms with E-state index in [-0.39, 0.29) is 31.6 Å². The largest absolute Gasteiger partial charge is 0.462 e. The molecule has 0 fully saturated rings. The summed E-state index contributed by atoms with van der Waals surface area (Å²) >= 11 is 0. The molecule has 0 aromatic rings. The fourth-order valence-corrected chi connectivity index (χ4v) is 7.07. The van der Waals surface area contributed by atoms with Gasteiger partial charge in [-0.2, -0.15) is 0 Å². The molecule has 0 saturated heterocycles. The van der Waals surface area contributed by atoms with Gasteiger partial charge in [0, 0.05) is 19.3 Å². The summed E-state index contributed by atoms with van der Waals surface area (Å²) in [5.74, 6) is -1.01. The molecule has 0 amide bonds. The lowest BCUT2D eigenvalue weighted by Crippen LogP contribution is -2.30. The zero-order valence-corrected chi connectivity index (χ0v) is 42.7. The Morgan fingerprint density at radius 1 is 0.318 bits per heavy atom. The highest BCUT2D eigenvalue weighted by molar-refractivity contribution is 5.71. The summed E-state index contributed by atoms with van der Waals surface area (Å²) in [4.78, 5) is 38.0. The minimum absolute atomic E-state index is 0.110. The monoisotopic (exact) mass is 915 g/mol. The molecule has 0 aromatic heterocycles. The molecule has 0 aliphatic carbocycles. The number of esters is 3. The van der Waals surface area contributed by atoms with Gasteiger partial charge in [-0.05, 0) is 89.9 Å². The second-order valence-corrected chi connectivity index (χ2v) is 17.4. The van der Waals surface area contributed by atoms with Gasteiger partial charge in [-0.3, -0.25) is 14.4 Å². The van der Waals surface area contributed by atoms with E-state index < -0.39 is 12.1 Å². The first-order valence-electron chi connectivity index (χ1n) is 26.9. The van der Waals surface area contributed by atoms with E-state index in [2.05, 4.69) is 118 Å². The Bertz CT molecular complexity index is 1370. The molecular weight excluding hydrogens is 817 g/mol. The van der Waals surface area contributed by atoms with Crippen molar-refractivity contribution in [2.24, 2.45) is 0 Å². The van der Waals surface area contributed by atoms with Gasteiger partial charge >= 0.3 is 17.9 Å². The summed E-state index contributed by atoms with van der Waals surface area (Å²) < 4.78 is 16.7. The van der Waals surface area contributed by atoms with Gasteiger partial charge in [0.2, 0.25) is 0 Å². The van der Waals surface area contributed by atoms with Crippen molar-refractivity contribution < 1.29 is 28.6 Å². The standard InChI is InChI=1S/C60H98O6/c1-4-7-10-13-16-19-22-25-26-27-28-29-30-31-32-33-34-36-38-41-44-47-50-53-59(62)65-56-57(55-64-58(61)52-49-46-43-40-37-24-21-18-15-12-9-6-3)66-60(63)54-51-48-45-42-39-35-23-20-17-14-11-8-5-2/h7-8,10-11,16-17,19-20,25-26,28-29,31-32,35,39,45,48,57H,4-6,9,12-15,18,21-24,27,30,33-34,36-38,40-44,46-47,49-56H2,1-3H3/b10-7-,11-8-,19-16-,20-17-,26-25-,29-28-,32-31-,39-35-,48-45-. The Morgan fingerprint density at radius 3 is 0.985 bits per heavy atom. The summed E-state index contributed by atoms with van der Waals surface area (Å²) in [6, 6.07) is 0. The summed E-state index contributed by atoms with van der Waals surface area (Å²) in [6.07, 6.45) is 72.3. The van der Waals surface area contributed by atoms with Crippen molar-refractivity contribution in [1.82, 2.24) is 0 Å². The van der Waals surface area contributed by atoms with Gasteiger partial charge in [0.15, 0.2) is 6.10 Å². The van der Waals surface area contributed by atoms with Crippen LogP contribution >= 0.6 is 0 Å².